The van der Waals surface area contributed by atoms with E-state index in [1.165, 1.54) is 6.07 Å². The first kappa shape index (κ1) is 15.6. The summed E-state index contributed by atoms with van der Waals surface area (Å²) in [7, 11) is -3.52. The lowest BCUT2D eigenvalue weighted by molar-refractivity contribution is 0.478. The smallest absolute Gasteiger partial charge is 0.244 e. The van der Waals surface area contributed by atoms with Gasteiger partial charge in [-0.25, -0.2) is 13.1 Å². The van der Waals surface area contributed by atoms with Gasteiger partial charge in [-0.15, -0.1) is 0 Å². The number of nitrogens with two attached hydrogens (primary N) is 1. The molecular weight excluding hydrogens is 272 g/mol. The summed E-state index contributed by atoms with van der Waals surface area (Å²) in [6, 6.07) is 1.37. The Kier molecular flexibility index (Phi) is 5.71. The van der Waals surface area contributed by atoms with Crippen LogP contribution in [0.1, 0.15) is 25.4 Å². The molecule has 0 aliphatic rings. The number of hydrogen-bond donors (Lipinski definition) is 2. The highest BCUT2D eigenvalue weighted by Crippen LogP contribution is 2.20. The van der Waals surface area contributed by atoms with Crippen molar-refractivity contribution in [2.45, 2.75) is 38.3 Å². The molecule has 104 valence electrons. The van der Waals surface area contributed by atoms with Crippen LogP contribution in [0.3, 0.4) is 0 Å². The summed E-state index contributed by atoms with van der Waals surface area (Å²) in [6.07, 6.45) is 0. The predicted molar refractivity (Wildman–Crippen MR) is 74.1 cm³/mol. The Labute approximate surface area is 113 Å². The highest BCUT2D eigenvalue weighted by molar-refractivity contribution is 7.99. The monoisotopic (exact) mass is 292 g/mol. The van der Waals surface area contributed by atoms with E-state index in [1.807, 2.05) is 13.8 Å². The third kappa shape index (κ3) is 4.01. The highest BCUT2D eigenvalue weighted by Gasteiger charge is 2.22. The van der Waals surface area contributed by atoms with Crippen LogP contribution >= 0.6 is 11.8 Å². The largest absolute Gasteiger partial charge is 0.464 e. The number of aryl methyl sites for hydroxylation is 1. The zero-order chi connectivity index (χ0) is 13.8. The minimum absolute atomic E-state index is 0.115. The van der Waals surface area contributed by atoms with E-state index in [0.717, 1.165) is 11.5 Å². The zero-order valence-electron chi connectivity index (χ0n) is 10.9. The second-order valence-electron chi connectivity index (χ2n) is 4.02. The van der Waals surface area contributed by atoms with Crippen molar-refractivity contribution < 1.29 is 12.8 Å². The lowest BCUT2D eigenvalue weighted by atomic mass is 10.4. The van der Waals surface area contributed by atoms with Crippen molar-refractivity contribution in [2.24, 2.45) is 5.73 Å². The number of hydrogen-bond acceptors (Lipinski definition) is 5. The molecule has 1 unspecified atom stereocenters. The first-order chi connectivity index (χ1) is 8.40. The summed E-state index contributed by atoms with van der Waals surface area (Å²) in [6.45, 7) is 5.70. The molecule has 1 atom stereocenters. The highest BCUT2D eigenvalue weighted by atomic mass is 32.2. The maximum Gasteiger partial charge on any atom is 0.244 e. The summed E-state index contributed by atoms with van der Waals surface area (Å²) in [5, 5.41) is 0. The molecule has 0 saturated carbocycles. The van der Waals surface area contributed by atoms with Gasteiger partial charge in [0.15, 0.2) is 0 Å². The number of thioether (sulfide) groups is 1. The van der Waals surface area contributed by atoms with Gasteiger partial charge in [0, 0.05) is 17.9 Å². The van der Waals surface area contributed by atoms with Gasteiger partial charge < -0.3 is 10.2 Å². The van der Waals surface area contributed by atoms with E-state index >= 15 is 0 Å². The molecule has 0 bridgehead atoms. The molecule has 18 heavy (non-hydrogen) atoms. The van der Waals surface area contributed by atoms with E-state index in [4.69, 9.17) is 10.2 Å². The van der Waals surface area contributed by atoms with Crippen molar-refractivity contribution in [3.63, 3.8) is 0 Å². The van der Waals surface area contributed by atoms with Crippen LogP contribution in [-0.2, 0) is 16.6 Å². The fourth-order valence-corrected chi connectivity index (χ4v) is 3.77. The van der Waals surface area contributed by atoms with Crippen LogP contribution in [0.5, 0.6) is 0 Å². The molecule has 5 nitrogen and oxygen atoms in total. The van der Waals surface area contributed by atoms with Crippen LogP contribution in [-0.4, -0.2) is 26.0 Å². The third-order valence-electron chi connectivity index (χ3n) is 2.34. The van der Waals surface area contributed by atoms with Crippen molar-refractivity contribution in [1.29, 1.82) is 0 Å². The Morgan fingerprint density at radius 2 is 2.22 bits per heavy atom. The summed E-state index contributed by atoms with van der Waals surface area (Å²) >= 11 is 1.70. The fraction of sp³-hybridized carbons (Fsp3) is 0.636. The average Bonchev–Trinajstić information content (AvgIpc) is 2.68. The number of sulfonamides is 1. The lowest BCUT2D eigenvalue weighted by Crippen LogP contribution is -2.34. The maximum atomic E-state index is 12.1. The van der Waals surface area contributed by atoms with Crippen LogP contribution < -0.4 is 10.5 Å². The van der Waals surface area contributed by atoms with E-state index in [2.05, 4.69) is 4.72 Å². The number of rotatable bonds is 7. The minimum atomic E-state index is -3.52. The van der Waals surface area contributed by atoms with Crippen LogP contribution in [0.4, 0.5) is 0 Å². The van der Waals surface area contributed by atoms with Gasteiger partial charge in [-0.2, -0.15) is 11.8 Å². The molecule has 3 N–H and O–H groups in total. The second kappa shape index (κ2) is 6.60. The lowest BCUT2D eigenvalue weighted by Gasteiger charge is -2.12. The van der Waals surface area contributed by atoms with E-state index < -0.39 is 10.0 Å². The summed E-state index contributed by atoms with van der Waals surface area (Å²) in [5.74, 6) is 2.56. The normalized spacial score (nSPS) is 13.8. The second-order valence-corrected chi connectivity index (χ2v) is 7.02. The molecule has 0 aromatic carbocycles. The van der Waals surface area contributed by atoms with E-state index in [1.54, 1.807) is 18.7 Å². The standard InChI is InChI=1S/C11H20N2O3S2/c1-4-17-7-8(2)13-18(14,15)11-5-10(6-12)16-9(11)3/h5,8,13H,4,6-7,12H2,1-3H3. The summed E-state index contributed by atoms with van der Waals surface area (Å²) in [5.41, 5.74) is 5.43. The first-order valence-electron chi connectivity index (χ1n) is 5.80. The van der Waals surface area contributed by atoms with Gasteiger partial charge in [0.05, 0.1) is 6.54 Å². The predicted octanol–water partition coefficient (Wildman–Crippen LogP) is 1.47. The number of nitrogens with one attached hydrogen (secondary N) is 1. The van der Waals surface area contributed by atoms with Gasteiger partial charge in [0.1, 0.15) is 16.4 Å². The molecule has 1 rings (SSSR count). The summed E-state index contributed by atoms with van der Waals surface area (Å²) < 4.78 is 32.2. The van der Waals surface area contributed by atoms with Crippen LogP contribution in [0.15, 0.2) is 15.4 Å². The molecule has 0 radical (unpaired) electrons. The van der Waals surface area contributed by atoms with E-state index in [-0.39, 0.29) is 17.5 Å². The van der Waals surface area contributed by atoms with E-state index in [0.29, 0.717) is 11.5 Å². The molecule has 0 amide bonds. The molecule has 1 aromatic heterocycles. The van der Waals surface area contributed by atoms with Gasteiger partial charge in [0.25, 0.3) is 0 Å². The Bertz CT molecular complexity index is 482. The van der Waals surface area contributed by atoms with Crippen molar-refractivity contribution in [2.75, 3.05) is 11.5 Å². The SMILES string of the molecule is CCSCC(C)NS(=O)(=O)c1cc(CN)oc1C. The first-order valence-corrected chi connectivity index (χ1v) is 8.44. The Morgan fingerprint density at radius 3 is 2.72 bits per heavy atom. The molecule has 1 heterocycles. The molecule has 0 aliphatic heterocycles. The van der Waals surface area contributed by atoms with Crippen molar-refractivity contribution in [3.05, 3.63) is 17.6 Å². The topological polar surface area (TPSA) is 85.3 Å². The molecule has 7 heteroatoms. The molecule has 0 fully saturated rings. The van der Waals surface area contributed by atoms with Crippen molar-refractivity contribution >= 4 is 21.8 Å². The van der Waals surface area contributed by atoms with Crippen molar-refractivity contribution in [1.82, 2.24) is 4.72 Å². The van der Waals surface area contributed by atoms with Gasteiger partial charge in [0.2, 0.25) is 10.0 Å². The minimum Gasteiger partial charge on any atom is -0.464 e. The van der Waals surface area contributed by atoms with Crippen LogP contribution in [0.25, 0.3) is 0 Å². The van der Waals surface area contributed by atoms with Gasteiger partial charge in [-0.05, 0) is 19.6 Å². The molecule has 1 aromatic rings. The zero-order valence-corrected chi connectivity index (χ0v) is 12.5. The molecular formula is C11H20N2O3S2. The Hall–Kier alpha value is -0.500. The average molecular weight is 292 g/mol. The Morgan fingerprint density at radius 1 is 1.56 bits per heavy atom. The van der Waals surface area contributed by atoms with Gasteiger partial charge in [-0.1, -0.05) is 6.92 Å². The molecule has 0 spiro atoms. The van der Waals surface area contributed by atoms with Gasteiger partial charge >= 0.3 is 0 Å². The Balaban J connectivity index is 2.82. The summed E-state index contributed by atoms with van der Waals surface area (Å²) in [4.78, 5) is 0.177. The quantitative estimate of drug-likeness (QED) is 0.795. The molecule has 0 saturated heterocycles. The third-order valence-corrected chi connectivity index (χ3v) is 5.18. The maximum absolute atomic E-state index is 12.1. The fourth-order valence-electron chi connectivity index (χ4n) is 1.55. The van der Waals surface area contributed by atoms with E-state index in [9.17, 15) is 8.42 Å². The molecule has 0 aliphatic carbocycles. The van der Waals surface area contributed by atoms with Gasteiger partial charge in [-0.3, -0.25) is 0 Å². The number of furan rings is 1. The van der Waals surface area contributed by atoms with Crippen LogP contribution in [0.2, 0.25) is 0 Å². The van der Waals surface area contributed by atoms with Crippen LogP contribution in [0, 0.1) is 6.92 Å². The van der Waals surface area contributed by atoms with Crippen molar-refractivity contribution in [3.8, 4) is 0 Å².